The van der Waals surface area contributed by atoms with Gasteiger partial charge in [0.25, 0.3) is 0 Å². The monoisotopic (exact) mass is 407 g/mol. The number of azo groups is 1. The summed E-state index contributed by atoms with van der Waals surface area (Å²) in [4.78, 5) is 8.55. The van der Waals surface area contributed by atoms with Crippen LogP contribution in [0.2, 0.25) is 0 Å². The number of nitriles is 1. The standard InChI is InChI=1S/C18H14BrN7/c19-14-15(21)17(26-24-10-13-6-1-2-7-23-13)18(22)25-16(14)12-5-3-4-11(8-12)9-20/h1-8H,10H2,(H4,21,22,25). The summed E-state index contributed by atoms with van der Waals surface area (Å²) < 4.78 is 0.550. The van der Waals surface area contributed by atoms with Gasteiger partial charge in [0, 0.05) is 11.8 Å². The molecule has 2 aromatic heterocycles. The van der Waals surface area contributed by atoms with E-state index in [0.717, 1.165) is 11.3 Å². The van der Waals surface area contributed by atoms with Crippen LogP contribution in [0.15, 0.2) is 63.4 Å². The molecule has 0 bridgehead atoms. The molecule has 0 unspecified atom stereocenters. The van der Waals surface area contributed by atoms with Gasteiger partial charge in [-0.2, -0.15) is 10.4 Å². The second kappa shape index (κ2) is 7.72. The largest absolute Gasteiger partial charge is 0.396 e. The lowest BCUT2D eigenvalue weighted by Crippen LogP contribution is -2.00. The summed E-state index contributed by atoms with van der Waals surface area (Å²) in [5.41, 5.74) is 15.4. The van der Waals surface area contributed by atoms with Crippen molar-refractivity contribution in [3.63, 3.8) is 0 Å². The lowest BCUT2D eigenvalue weighted by atomic mass is 10.1. The number of benzene rings is 1. The zero-order chi connectivity index (χ0) is 18.5. The molecule has 1 aromatic carbocycles. The minimum Gasteiger partial charge on any atom is -0.396 e. The van der Waals surface area contributed by atoms with Crippen LogP contribution in [0, 0.1) is 11.3 Å². The molecular weight excluding hydrogens is 394 g/mol. The third-order valence-electron chi connectivity index (χ3n) is 3.57. The normalized spacial score (nSPS) is 10.8. The molecule has 26 heavy (non-hydrogen) atoms. The van der Waals surface area contributed by atoms with E-state index >= 15 is 0 Å². The molecule has 0 radical (unpaired) electrons. The SMILES string of the molecule is N#Cc1cccc(-c2nc(N)c(N=NCc3ccccn3)c(N)c2Br)c1. The first-order chi connectivity index (χ1) is 12.6. The van der Waals surface area contributed by atoms with E-state index in [0.29, 0.717) is 33.6 Å². The van der Waals surface area contributed by atoms with Crippen LogP contribution < -0.4 is 11.5 Å². The number of nitrogen functional groups attached to an aromatic ring is 2. The Morgan fingerprint density at radius 1 is 1.15 bits per heavy atom. The molecule has 4 N–H and O–H groups in total. The molecule has 0 aliphatic carbocycles. The Hall–Kier alpha value is -3.31. The number of rotatable bonds is 4. The average molecular weight is 408 g/mol. The molecule has 0 fully saturated rings. The fraction of sp³-hybridized carbons (Fsp3) is 0.0556. The smallest absolute Gasteiger partial charge is 0.154 e. The average Bonchev–Trinajstić information content (AvgIpc) is 2.68. The van der Waals surface area contributed by atoms with Crippen molar-refractivity contribution < 1.29 is 0 Å². The van der Waals surface area contributed by atoms with E-state index in [1.807, 2.05) is 24.3 Å². The summed E-state index contributed by atoms with van der Waals surface area (Å²) in [6, 6.07) is 14.7. The Bertz CT molecular complexity index is 1010. The van der Waals surface area contributed by atoms with Crippen molar-refractivity contribution in [3.05, 3.63) is 64.4 Å². The molecule has 3 rings (SSSR count). The van der Waals surface area contributed by atoms with Gasteiger partial charge in [-0.05, 0) is 40.2 Å². The van der Waals surface area contributed by atoms with Crippen molar-refractivity contribution in [3.8, 4) is 17.3 Å². The Labute approximate surface area is 158 Å². The van der Waals surface area contributed by atoms with Crippen molar-refractivity contribution in [1.82, 2.24) is 9.97 Å². The van der Waals surface area contributed by atoms with Gasteiger partial charge < -0.3 is 11.5 Å². The van der Waals surface area contributed by atoms with Crippen LogP contribution in [0.3, 0.4) is 0 Å². The molecule has 0 saturated carbocycles. The van der Waals surface area contributed by atoms with E-state index in [1.54, 1.807) is 24.4 Å². The van der Waals surface area contributed by atoms with Crippen LogP contribution in [0.4, 0.5) is 17.2 Å². The highest BCUT2D eigenvalue weighted by atomic mass is 79.9. The van der Waals surface area contributed by atoms with Gasteiger partial charge in [-0.25, -0.2) is 4.98 Å². The molecular formula is C18H14BrN7. The predicted molar refractivity (Wildman–Crippen MR) is 103 cm³/mol. The summed E-state index contributed by atoms with van der Waals surface area (Å²) in [6.45, 7) is 0.309. The lowest BCUT2D eigenvalue weighted by Gasteiger charge is -2.11. The Kier molecular flexibility index (Phi) is 5.20. The first-order valence-corrected chi connectivity index (χ1v) is 8.42. The van der Waals surface area contributed by atoms with Gasteiger partial charge in [-0.3, -0.25) is 4.98 Å². The Balaban J connectivity index is 1.94. The van der Waals surface area contributed by atoms with E-state index in [4.69, 9.17) is 16.7 Å². The highest BCUT2D eigenvalue weighted by Gasteiger charge is 2.16. The van der Waals surface area contributed by atoms with Crippen LogP contribution >= 0.6 is 15.9 Å². The fourth-order valence-corrected chi connectivity index (χ4v) is 2.80. The zero-order valence-electron chi connectivity index (χ0n) is 13.6. The maximum atomic E-state index is 9.06. The van der Waals surface area contributed by atoms with Gasteiger partial charge in [-0.15, -0.1) is 5.11 Å². The Morgan fingerprint density at radius 3 is 2.73 bits per heavy atom. The number of hydrogen-bond donors (Lipinski definition) is 2. The summed E-state index contributed by atoms with van der Waals surface area (Å²) in [7, 11) is 0. The van der Waals surface area contributed by atoms with Gasteiger partial charge in [0.15, 0.2) is 11.5 Å². The van der Waals surface area contributed by atoms with E-state index < -0.39 is 0 Å². The van der Waals surface area contributed by atoms with E-state index in [1.165, 1.54) is 0 Å². The van der Waals surface area contributed by atoms with E-state index in [9.17, 15) is 0 Å². The molecule has 0 amide bonds. The topological polar surface area (TPSA) is 126 Å². The van der Waals surface area contributed by atoms with Gasteiger partial charge in [0.2, 0.25) is 0 Å². The second-order valence-corrected chi connectivity index (χ2v) is 6.13. The summed E-state index contributed by atoms with van der Waals surface area (Å²) in [6.07, 6.45) is 1.69. The summed E-state index contributed by atoms with van der Waals surface area (Å²) in [5.74, 6) is 0.160. The highest BCUT2D eigenvalue weighted by molar-refractivity contribution is 9.10. The van der Waals surface area contributed by atoms with Crippen molar-refractivity contribution >= 4 is 33.1 Å². The van der Waals surface area contributed by atoms with E-state index in [2.05, 4.69) is 42.2 Å². The summed E-state index contributed by atoms with van der Waals surface area (Å²) >= 11 is 3.45. The molecule has 3 aromatic rings. The first kappa shape index (κ1) is 17.5. The summed E-state index contributed by atoms with van der Waals surface area (Å²) in [5, 5.41) is 17.3. The number of nitrogens with zero attached hydrogens (tertiary/aromatic N) is 5. The number of aromatic nitrogens is 2. The number of pyridine rings is 2. The second-order valence-electron chi connectivity index (χ2n) is 5.34. The van der Waals surface area contributed by atoms with Crippen molar-refractivity contribution in [2.24, 2.45) is 10.2 Å². The Morgan fingerprint density at radius 2 is 2.00 bits per heavy atom. The van der Waals surface area contributed by atoms with Crippen LogP contribution in [0.5, 0.6) is 0 Å². The lowest BCUT2D eigenvalue weighted by molar-refractivity contribution is 0.914. The van der Waals surface area contributed by atoms with E-state index in [-0.39, 0.29) is 5.82 Å². The molecule has 0 aliphatic rings. The molecule has 0 atom stereocenters. The van der Waals surface area contributed by atoms with Crippen LogP contribution in [0.1, 0.15) is 11.3 Å². The van der Waals surface area contributed by atoms with Gasteiger partial charge in [0.05, 0.1) is 33.2 Å². The number of nitrogens with two attached hydrogens (primary N) is 2. The van der Waals surface area contributed by atoms with Gasteiger partial charge in [-0.1, -0.05) is 18.2 Å². The molecule has 128 valence electrons. The zero-order valence-corrected chi connectivity index (χ0v) is 15.2. The number of anilines is 2. The van der Waals surface area contributed by atoms with Gasteiger partial charge >= 0.3 is 0 Å². The number of halogens is 1. The third kappa shape index (κ3) is 3.68. The molecule has 2 heterocycles. The molecule has 8 heteroatoms. The van der Waals surface area contributed by atoms with Crippen LogP contribution in [-0.4, -0.2) is 9.97 Å². The third-order valence-corrected chi connectivity index (χ3v) is 4.37. The minimum absolute atomic E-state index is 0.160. The van der Waals surface area contributed by atoms with Crippen molar-refractivity contribution in [1.29, 1.82) is 5.26 Å². The number of hydrogen-bond acceptors (Lipinski definition) is 7. The molecule has 0 aliphatic heterocycles. The van der Waals surface area contributed by atoms with Crippen molar-refractivity contribution in [2.75, 3.05) is 11.5 Å². The van der Waals surface area contributed by atoms with Crippen LogP contribution in [0.25, 0.3) is 11.3 Å². The predicted octanol–water partition coefficient (Wildman–Crippen LogP) is 4.23. The molecule has 7 nitrogen and oxygen atoms in total. The van der Waals surface area contributed by atoms with Gasteiger partial charge in [0.1, 0.15) is 6.54 Å². The maximum absolute atomic E-state index is 9.06. The fourth-order valence-electron chi connectivity index (χ4n) is 2.29. The highest BCUT2D eigenvalue weighted by Crippen LogP contribution is 2.40. The minimum atomic E-state index is 0.160. The van der Waals surface area contributed by atoms with Crippen LogP contribution in [-0.2, 0) is 6.54 Å². The molecule has 0 saturated heterocycles. The molecule has 0 spiro atoms. The van der Waals surface area contributed by atoms with Crippen molar-refractivity contribution in [2.45, 2.75) is 6.54 Å². The first-order valence-electron chi connectivity index (χ1n) is 7.62. The quantitative estimate of drug-likeness (QED) is 0.625. The maximum Gasteiger partial charge on any atom is 0.154 e.